The van der Waals surface area contributed by atoms with Crippen LogP contribution in [0.15, 0.2) is 13.2 Å². The second kappa shape index (κ2) is 7.88. The van der Waals surface area contributed by atoms with E-state index in [-0.39, 0.29) is 6.10 Å². The number of hydrogen-bond donors (Lipinski definition) is 2. The molecule has 17 heavy (non-hydrogen) atoms. The van der Waals surface area contributed by atoms with Gasteiger partial charge in [-0.1, -0.05) is 19.3 Å². The van der Waals surface area contributed by atoms with Gasteiger partial charge >= 0.3 is 0 Å². The predicted octanol–water partition coefficient (Wildman–Crippen LogP) is 3.14. The summed E-state index contributed by atoms with van der Waals surface area (Å²) in [7, 11) is 0. The van der Waals surface area contributed by atoms with Crippen molar-refractivity contribution in [2.75, 3.05) is 6.61 Å². The van der Waals surface area contributed by atoms with Crippen LogP contribution < -0.4 is 0 Å². The summed E-state index contributed by atoms with van der Waals surface area (Å²) in [6, 6.07) is 0. The Bertz CT molecular complexity index is 203. The first kappa shape index (κ1) is 14.7. The maximum Gasteiger partial charge on any atom is 0.0543 e. The molecule has 2 heteroatoms. The zero-order valence-electron chi connectivity index (χ0n) is 11.0. The van der Waals surface area contributed by atoms with Crippen LogP contribution in [0.1, 0.15) is 51.4 Å². The van der Waals surface area contributed by atoms with Crippen molar-refractivity contribution in [3.8, 4) is 0 Å². The molecule has 0 amide bonds. The third-order valence-corrected chi connectivity index (χ3v) is 4.44. The Hall–Kier alpha value is -0.340. The Labute approximate surface area is 106 Å². The van der Waals surface area contributed by atoms with Crippen LogP contribution in [0, 0.1) is 17.8 Å². The minimum absolute atomic E-state index is 0.0648. The first-order chi connectivity index (χ1) is 8.29. The predicted molar refractivity (Wildman–Crippen MR) is 71.8 cm³/mol. The molecule has 0 spiro atoms. The van der Waals surface area contributed by atoms with Gasteiger partial charge in [0, 0.05) is 6.61 Å². The molecule has 0 saturated heterocycles. The van der Waals surface area contributed by atoms with E-state index in [0.29, 0.717) is 18.4 Å². The van der Waals surface area contributed by atoms with E-state index in [4.69, 9.17) is 0 Å². The van der Waals surface area contributed by atoms with Crippen molar-refractivity contribution >= 4 is 0 Å². The van der Waals surface area contributed by atoms with Gasteiger partial charge < -0.3 is 10.2 Å². The minimum atomic E-state index is -0.0648. The summed E-state index contributed by atoms with van der Waals surface area (Å²) in [6.45, 7) is 6.35. The lowest BCUT2D eigenvalue weighted by Crippen LogP contribution is -2.31. The van der Waals surface area contributed by atoms with Gasteiger partial charge in [0.2, 0.25) is 0 Å². The maximum atomic E-state index is 9.71. The van der Waals surface area contributed by atoms with E-state index in [1.54, 1.807) is 0 Å². The number of rotatable bonds is 1. The SMILES string of the molecule is C=C.OCC1CCCCC2CCC(O)CC2C1. The highest BCUT2D eigenvalue weighted by atomic mass is 16.3. The van der Waals surface area contributed by atoms with Gasteiger partial charge in [-0.25, -0.2) is 0 Å². The summed E-state index contributed by atoms with van der Waals surface area (Å²) >= 11 is 0. The van der Waals surface area contributed by atoms with Crippen LogP contribution in [0.25, 0.3) is 0 Å². The fourth-order valence-corrected chi connectivity index (χ4v) is 3.52. The average Bonchev–Trinajstić information content (AvgIpc) is 2.34. The van der Waals surface area contributed by atoms with Crippen LogP contribution in [0.5, 0.6) is 0 Å². The molecule has 2 aliphatic rings. The molecular formula is C15H28O2. The molecule has 0 aliphatic heterocycles. The second-order valence-electron chi connectivity index (χ2n) is 5.56. The molecule has 0 aromatic rings. The van der Waals surface area contributed by atoms with E-state index in [1.165, 1.54) is 32.1 Å². The molecule has 4 unspecified atom stereocenters. The van der Waals surface area contributed by atoms with Gasteiger partial charge in [0.1, 0.15) is 0 Å². The minimum Gasteiger partial charge on any atom is -0.396 e. The van der Waals surface area contributed by atoms with E-state index in [2.05, 4.69) is 13.2 Å². The van der Waals surface area contributed by atoms with Crippen LogP contribution in [-0.2, 0) is 0 Å². The van der Waals surface area contributed by atoms with Crippen molar-refractivity contribution in [2.24, 2.45) is 17.8 Å². The van der Waals surface area contributed by atoms with Crippen molar-refractivity contribution in [2.45, 2.75) is 57.5 Å². The molecule has 2 rings (SSSR count). The van der Waals surface area contributed by atoms with Gasteiger partial charge in [-0.15, -0.1) is 13.2 Å². The van der Waals surface area contributed by atoms with E-state index in [9.17, 15) is 10.2 Å². The molecule has 2 saturated carbocycles. The topological polar surface area (TPSA) is 40.5 Å². The molecule has 0 bridgehead atoms. The Morgan fingerprint density at radius 1 is 0.882 bits per heavy atom. The van der Waals surface area contributed by atoms with Gasteiger partial charge in [0.05, 0.1) is 6.10 Å². The van der Waals surface area contributed by atoms with Crippen molar-refractivity contribution in [1.82, 2.24) is 0 Å². The lowest BCUT2D eigenvalue weighted by atomic mass is 9.70. The molecule has 4 atom stereocenters. The van der Waals surface area contributed by atoms with Crippen LogP contribution in [0.2, 0.25) is 0 Å². The summed E-state index contributed by atoms with van der Waals surface area (Å²) in [5.74, 6) is 2.03. The van der Waals surface area contributed by atoms with E-state index >= 15 is 0 Å². The summed E-state index contributed by atoms with van der Waals surface area (Å²) < 4.78 is 0. The first-order valence-corrected chi connectivity index (χ1v) is 7.08. The average molecular weight is 240 g/mol. The van der Waals surface area contributed by atoms with Gasteiger partial charge in [0.25, 0.3) is 0 Å². The quantitative estimate of drug-likeness (QED) is 0.691. The molecule has 0 aromatic carbocycles. The van der Waals surface area contributed by atoms with Gasteiger partial charge in [-0.05, 0) is 49.9 Å². The van der Waals surface area contributed by atoms with Crippen LogP contribution >= 0.6 is 0 Å². The molecule has 0 heterocycles. The molecular weight excluding hydrogens is 212 g/mol. The summed E-state index contributed by atoms with van der Waals surface area (Å²) in [6.07, 6.45) is 9.45. The molecule has 0 radical (unpaired) electrons. The summed E-state index contributed by atoms with van der Waals surface area (Å²) in [4.78, 5) is 0. The Morgan fingerprint density at radius 2 is 1.59 bits per heavy atom. The fourth-order valence-electron chi connectivity index (χ4n) is 3.52. The van der Waals surface area contributed by atoms with Crippen LogP contribution in [0.4, 0.5) is 0 Å². The molecule has 2 N–H and O–H groups in total. The third-order valence-electron chi connectivity index (χ3n) is 4.44. The largest absolute Gasteiger partial charge is 0.396 e. The van der Waals surface area contributed by atoms with Crippen molar-refractivity contribution in [1.29, 1.82) is 0 Å². The Morgan fingerprint density at radius 3 is 2.29 bits per heavy atom. The van der Waals surface area contributed by atoms with E-state index in [0.717, 1.165) is 25.2 Å². The van der Waals surface area contributed by atoms with Gasteiger partial charge in [-0.2, -0.15) is 0 Å². The fraction of sp³-hybridized carbons (Fsp3) is 0.867. The molecule has 2 aliphatic carbocycles. The smallest absolute Gasteiger partial charge is 0.0543 e. The van der Waals surface area contributed by atoms with Gasteiger partial charge in [-0.3, -0.25) is 0 Å². The van der Waals surface area contributed by atoms with Crippen molar-refractivity contribution < 1.29 is 10.2 Å². The number of aliphatic hydroxyl groups is 2. The van der Waals surface area contributed by atoms with Crippen LogP contribution in [0.3, 0.4) is 0 Å². The molecule has 2 nitrogen and oxygen atoms in total. The zero-order chi connectivity index (χ0) is 12.7. The second-order valence-corrected chi connectivity index (χ2v) is 5.56. The number of hydrogen-bond acceptors (Lipinski definition) is 2. The molecule has 100 valence electrons. The summed E-state index contributed by atoms with van der Waals surface area (Å²) in [5, 5.41) is 19.0. The third kappa shape index (κ3) is 4.44. The number of aliphatic hydroxyl groups excluding tert-OH is 2. The van der Waals surface area contributed by atoms with Crippen LogP contribution in [-0.4, -0.2) is 22.9 Å². The Balaban J connectivity index is 0.000000686. The highest BCUT2D eigenvalue weighted by Gasteiger charge is 2.31. The lowest BCUT2D eigenvalue weighted by Gasteiger charge is -2.37. The standard InChI is InChI=1S/C13H24O2.C2H4/c14-9-10-3-1-2-4-11-5-6-13(15)8-12(11)7-10;1-2/h10-15H,1-9H2;1-2H2. The number of fused-ring (bicyclic) bond motifs is 1. The zero-order valence-corrected chi connectivity index (χ0v) is 11.0. The maximum absolute atomic E-state index is 9.71. The highest BCUT2D eigenvalue weighted by Crippen LogP contribution is 2.40. The van der Waals surface area contributed by atoms with Crippen molar-refractivity contribution in [3.05, 3.63) is 13.2 Å². The molecule has 2 fully saturated rings. The highest BCUT2D eigenvalue weighted by molar-refractivity contribution is 4.83. The van der Waals surface area contributed by atoms with Crippen molar-refractivity contribution in [3.63, 3.8) is 0 Å². The van der Waals surface area contributed by atoms with E-state index < -0.39 is 0 Å². The molecule has 0 aromatic heterocycles. The lowest BCUT2D eigenvalue weighted by molar-refractivity contribution is 0.0410. The normalized spacial score (nSPS) is 38.0. The van der Waals surface area contributed by atoms with E-state index in [1.807, 2.05) is 0 Å². The summed E-state index contributed by atoms with van der Waals surface area (Å²) in [5.41, 5.74) is 0. The Kier molecular flexibility index (Phi) is 6.83. The monoisotopic (exact) mass is 240 g/mol. The van der Waals surface area contributed by atoms with Gasteiger partial charge in [0.15, 0.2) is 0 Å². The first-order valence-electron chi connectivity index (χ1n) is 7.08.